The van der Waals surface area contributed by atoms with Crippen molar-refractivity contribution in [1.29, 1.82) is 0 Å². The van der Waals surface area contributed by atoms with Crippen molar-refractivity contribution in [3.05, 3.63) is 95.8 Å². The Morgan fingerprint density at radius 1 is 0.925 bits per heavy atom. The molecular formula is C31H38FN3O4S. The van der Waals surface area contributed by atoms with E-state index in [0.717, 1.165) is 21.5 Å². The van der Waals surface area contributed by atoms with Gasteiger partial charge in [0.2, 0.25) is 11.8 Å². The van der Waals surface area contributed by atoms with E-state index in [4.69, 9.17) is 0 Å². The summed E-state index contributed by atoms with van der Waals surface area (Å²) in [6.45, 7) is 7.54. The van der Waals surface area contributed by atoms with Gasteiger partial charge in [-0.25, -0.2) is 12.8 Å². The minimum absolute atomic E-state index is 0.0632. The summed E-state index contributed by atoms with van der Waals surface area (Å²) in [6, 6.07) is 20.3. The van der Waals surface area contributed by atoms with Gasteiger partial charge in [0.05, 0.1) is 10.6 Å². The van der Waals surface area contributed by atoms with Crippen molar-refractivity contribution in [3.63, 3.8) is 0 Å². The molecule has 214 valence electrons. The van der Waals surface area contributed by atoms with E-state index >= 15 is 4.39 Å². The fourth-order valence-electron chi connectivity index (χ4n) is 4.32. The van der Waals surface area contributed by atoms with E-state index in [2.05, 4.69) is 5.32 Å². The normalized spacial score (nSPS) is 12.2. The van der Waals surface area contributed by atoms with Crippen molar-refractivity contribution < 1.29 is 22.4 Å². The fourth-order valence-corrected chi connectivity index (χ4v) is 5.75. The molecule has 0 bridgehead atoms. The third-order valence-corrected chi connectivity index (χ3v) is 8.34. The second kappa shape index (κ2) is 14.1. The van der Waals surface area contributed by atoms with E-state index < -0.39 is 34.3 Å². The lowest BCUT2D eigenvalue weighted by atomic mass is 10.1. The Morgan fingerprint density at radius 3 is 2.15 bits per heavy atom. The van der Waals surface area contributed by atoms with Gasteiger partial charge in [-0.3, -0.25) is 13.9 Å². The van der Waals surface area contributed by atoms with Crippen LogP contribution in [0.4, 0.5) is 10.1 Å². The SMILES string of the molecule is CC[C@@H](C(=O)NCC(C)C)N(CCc1ccccc1)C(=O)CN(c1ccccc1F)S(=O)(=O)c1ccc(C)cc1. The van der Waals surface area contributed by atoms with Gasteiger partial charge in [0.25, 0.3) is 10.0 Å². The van der Waals surface area contributed by atoms with Crippen molar-refractivity contribution in [2.24, 2.45) is 5.92 Å². The van der Waals surface area contributed by atoms with E-state index in [1.807, 2.05) is 51.1 Å². The fraction of sp³-hybridized carbons (Fsp3) is 0.355. The monoisotopic (exact) mass is 567 g/mol. The van der Waals surface area contributed by atoms with E-state index in [1.165, 1.54) is 35.2 Å². The number of nitrogens with one attached hydrogen (secondary N) is 1. The Bertz CT molecular complexity index is 1380. The Kier molecular flexibility index (Phi) is 10.8. The van der Waals surface area contributed by atoms with Gasteiger partial charge < -0.3 is 10.2 Å². The number of rotatable bonds is 13. The number of carbonyl (C=O) groups excluding carboxylic acids is 2. The van der Waals surface area contributed by atoms with Crippen LogP contribution in [0.3, 0.4) is 0 Å². The number of benzene rings is 3. The molecule has 1 N–H and O–H groups in total. The Labute approximate surface area is 237 Å². The number of hydrogen-bond acceptors (Lipinski definition) is 4. The topological polar surface area (TPSA) is 86.8 Å². The van der Waals surface area contributed by atoms with E-state index in [0.29, 0.717) is 19.4 Å². The van der Waals surface area contributed by atoms with Crippen LogP contribution in [-0.2, 0) is 26.0 Å². The summed E-state index contributed by atoms with van der Waals surface area (Å²) in [5.74, 6) is -1.47. The highest BCUT2D eigenvalue weighted by molar-refractivity contribution is 7.92. The van der Waals surface area contributed by atoms with Crippen LogP contribution in [0.25, 0.3) is 0 Å². The maximum absolute atomic E-state index is 15.0. The van der Waals surface area contributed by atoms with Crippen LogP contribution >= 0.6 is 0 Å². The highest BCUT2D eigenvalue weighted by Crippen LogP contribution is 2.27. The van der Waals surface area contributed by atoms with Crippen molar-refractivity contribution in [3.8, 4) is 0 Å². The summed E-state index contributed by atoms with van der Waals surface area (Å²) >= 11 is 0. The molecule has 0 saturated carbocycles. The van der Waals surface area contributed by atoms with Gasteiger partial charge in [0.15, 0.2) is 0 Å². The third-order valence-electron chi connectivity index (χ3n) is 6.56. The number of para-hydroxylation sites is 1. The summed E-state index contributed by atoms with van der Waals surface area (Å²) in [5, 5.41) is 2.90. The first-order chi connectivity index (χ1) is 19.0. The van der Waals surface area contributed by atoms with Gasteiger partial charge in [0.1, 0.15) is 18.4 Å². The van der Waals surface area contributed by atoms with Gasteiger partial charge >= 0.3 is 0 Å². The molecule has 3 aromatic rings. The van der Waals surface area contributed by atoms with Crippen molar-refractivity contribution >= 4 is 27.5 Å². The standard InChI is InChI=1S/C31H38FN3O4S/c1-5-28(31(37)33-21-23(2)3)34(20-19-25-11-7-6-8-12-25)30(36)22-35(29-14-10-9-13-27(29)32)40(38,39)26-17-15-24(4)16-18-26/h6-18,23,28H,5,19-22H2,1-4H3,(H,33,37)/t28-/m0/s1. The third kappa shape index (κ3) is 7.91. The first-order valence-corrected chi connectivity index (χ1v) is 14.9. The molecule has 3 aromatic carbocycles. The zero-order valence-electron chi connectivity index (χ0n) is 23.5. The van der Waals surface area contributed by atoms with Crippen molar-refractivity contribution in [2.75, 3.05) is 23.9 Å². The second-order valence-corrected chi connectivity index (χ2v) is 12.0. The molecule has 1 atom stereocenters. The van der Waals surface area contributed by atoms with Crippen molar-refractivity contribution in [1.82, 2.24) is 10.2 Å². The highest BCUT2D eigenvalue weighted by atomic mass is 32.2. The van der Waals surface area contributed by atoms with Crippen LogP contribution in [0, 0.1) is 18.7 Å². The molecule has 9 heteroatoms. The minimum Gasteiger partial charge on any atom is -0.354 e. The van der Waals surface area contributed by atoms with Crippen molar-refractivity contribution in [2.45, 2.75) is 51.5 Å². The molecule has 0 heterocycles. The van der Waals surface area contributed by atoms with Gasteiger partial charge in [-0.1, -0.05) is 80.9 Å². The largest absolute Gasteiger partial charge is 0.354 e. The molecule has 0 aromatic heterocycles. The van der Waals surface area contributed by atoms with Crippen LogP contribution in [-0.4, -0.2) is 50.8 Å². The van der Waals surface area contributed by atoms with E-state index in [1.54, 1.807) is 19.1 Å². The molecule has 7 nitrogen and oxygen atoms in total. The zero-order chi connectivity index (χ0) is 29.3. The average Bonchev–Trinajstić information content (AvgIpc) is 2.93. The summed E-state index contributed by atoms with van der Waals surface area (Å²) in [6.07, 6.45) is 0.791. The number of halogens is 1. The van der Waals surface area contributed by atoms with Crippen LogP contribution in [0.15, 0.2) is 83.8 Å². The quantitative estimate of drug-likeness (QED) is 0.317. The van der Waals surface area contributed by atoms with Crippen LogP contribution < -0.4 is 9.62 Å². The predicted octanol–water partition coefficient (Wildman–Crippen LogP) is 4.95. The molecule has 0 unspecified atom stereocenters. The molecule has 0 aliphatic heterocycles. The number of aryl methyl sites for hydroxylation is 1. The Hall–Kier alpha value is -3.72. The molecule has 0 spiro atoms. The molecule has 0 aliphatic rings. The van der Waals surface area contributed by atoms with Crippen LogP contribution in [0.2, 0.25) is 0 Å². The van der Waals surface area contributed by atoms with E-state index in [9.17, 15) is 18.0 Å². The van der Waals surface area contributed by atoms with Gasteiger partial charge in [-0.05, 0) is 55.5 Å². The molecule has 2 amide bonds. The maximum Gasteiger partial charge on any atom is 0.264 e. The second-order valence-electron chi connectivity index (χ2n) is 10.2. The highest BCUT2D eigenvalue weighted by Gasteiger charge is 2.34. The molecule has 0 saturated heterocycles. The number of carbonyl (C=O) groups is 2. The molecule has 0 radical (unpaired) electrons. The lowest BCUT2D eigenvalue weighted by Gasteiger charge is -2.33. The molecular weight excluding hydrogens is 529 g/mol. The molecule has 40 heavy (non-hydrogen) atoms. The number of anilines is 1. The number of nitrogens with zero attached hydrogens (tertiary/aromatic N) is 2. The predicted molar refractivity (Wildman–Crippen MR) is 156 cm³/mol. The van der Waals surface area contributed by atoms with Gasteiger partial charge in [-0.2, -0.15) is 0 Å². The molecule has 0 fully saturated rings. The molecule has 0 aliphatic carbocycles. The first-order valence-electron chi connectivity index (χ1n) is 13.5. The summed E-state index contributed by atoms with van der Waals surface area (Å²) in [4.78, 5) is 28.5. The Balaban J connectivity index is 2.00. The molecule has 3 rings (SSSR count). The van der Waals surface area contributed by atoms with Crippen LogP contribution in [0.1, 0.15) is 38.3 Å². The summed E-state index contributed by atoms with van der Waals surface area (Å²) in [7, 11) is -4.32. The zero-order valence-corrected chi connectivity index (χ0v) is 24.3. The first kappa shape index (κ1) is 30.8. The number of sulfonamides is 1. The van der Waals surface area contributed by atoms with Gasteiger partial charge in [-0.15, -0.1) is 0 Å². The average molecular weight is 568 g/mol. The van der Waals surface area contributed by atoms with E-state index in [-0.39, 0.29) is 29.0 Å². The summed E-state index contributed by atoms with van der Waals surface area (Å²) in [5.41, 5.74) is 1.59. The smallest absolute Gasteiger partial charge is 0.264 e. The van der Waals surface area contributed by atoms with Crippen LogP contribution in [0.5, 0.6) is 0 Å². The Morgan fingerprint density at radius 2 is 1.55 bits per heavy atom. The number of hydrogen-bond donors (Lipinski definition) is 1. The lowest BCUT2D eigenvalue weighted by molar-refractivity contribution is -0.139. The number of amides is 2. The van der Waals surface area contributed by atoms with Gasteiger partial charge in [0, 0.05) is 13.1 Å². The lowest BCUT2D eigenvalue weighted by Crippen LogP contribution is -2.53. The minimum atomic E-state index is -4.32. The maximum atomic E-state index is 15.0. The summed E-state index contributed by atoms with van der Waals surface area (Å²) < 4.78 is 43.4.